The lowest BCUT2D eigenvalue weighted by atomic mass is 9.87. The fourth-order valence-corrected chi connectivity index (χ4v) is 2.00. The third-order valence-corrected chi connectivity index (χ3v) is 2.62. The van der Waals surface area contributed by atoms with Crippen LogP contribution in [-0.2, 0) is 16.5 Å². The number of hydrogen-bond donors (Lipinski definition) is 1. The van der Waals surface area contributed by atoms with Gasteiger partial charge in [0.15, 0.2) is 11.1 Å². The molecule has 0 heterocycles. The Morgan fingerprint density at radius 2 is 1.77 bits per heavy atom. The molecular weight excluding hydrogens is 184 g/mol. The lowest BCUT2D eigenvalue weighted by Crippen LogP contribution is -2.14. The molecule has 0 spiro atoms. The van der Waals surface area contributed by atoms with Crippen molar-refractivity contribution in [2.45, 2.75) is 31.1 Å². The Balaban J connectivity index is 3.28. The van der Waals surface area contributed by atoms with Crippen molar-refractivity contribution in [2.24, 2.45) is 0 Å². The molecule has 72 valence electrons. The average Bonchev–Trinajstić information content (AvgIpc) is 2.03. The van der Waals surface area contributed by atoms with Crippen molar-refractivity contribution in [3.8, 4) is 0 Å². The maximum absolute atomic E-state index is 11.0. The molecule has 0 aliphatic carbocycles. The Morgan fingerprint density at radius 3 is 2.15 bits per heavy atom. The number of rotatable bonds is 1. The second kappa shape index (κ2) is 3.60. The van der Waals surface area contributed by atoms with E-state index in [4.69, 9.17) is 4.55 Å². The summed E-state index contributed by atoms with van der Waals surface area (Å²) >= 11 is -1.89. The summed E-state index contributed by atoms with van der Waals surface area (Å²) in [5.41, 5.74) is 0.838. The van der Waals surface area contributed by atoms with Gasteiger partial charge in [-0.05, 0) is 17.0 Å². The zero-order chi connectivity index (χ0) is 10.1. The second-order valence-electron chi connectivity index (χ2n) is 4.00. The Labute approximate surface area is 81.3 Å². The van der Waals surface area contributed by atoms with Crippen LogP contribution < -0.4 is 0 Å². The summed E-state index contributed by atoms with van der Waals surface area (Å²) in [6.07, 6.45) is 0. The molecule has 0 aromatic heterocycles. The largest absolute Gasteiger partial charge is 0.302 e. The first-order chi connectivity index (χ1) is 5.93. The molecular formula is C10H14O2S. The molecule has 0 aliphatic rings. The molecule has 0 aliphatic heterocycles. The summed E-state index contributed by atoms with van der Waals surface area (Å²) in [6, 6.07) is 7.25. The highest BCUT2D eigenvalue weighted by atomic mass is 32.2. The van der Waals surface area contributed by atoms with E-state index in [9.17, 15) is 4.21 Å². The van der Waals surface area contributed by atoms with Crippen LogP contribution in [0, 0.1) is 0 Å². The summed E-state index contributed by atoms with van der Waals surface area (Å²) in [6.45, 7) is 6.08. The van der Waals surface area contributed by atoms with Crippen LogP contribution in [0.25, 0.3) is 0 Å². The van der Waals surface area contributed by atoms with Gasteiger partial charge in [0.1, 0.15) is 0 Å². The van der Waals surface area contributed by atoms with Crippen molar-refractivity contribution in [3.63, 3.8) is 0 Å². The highest BCUT2D eigenvalue weighted by Gasteiger charge is 2.19. The van der Waals surface area contributed by atoms with E-state index < -0.39 is 11.1 Å². The van der Waals surface area contributed by atoms with Gasteiger partial charge in [0.2, 0.25) is 0 Å². The van der Waals surface area contributed by atoms with Crippen molar-refractivity contribution in [1.29, 1.82) is 0 Å². The van der Waals surface area contributed by atoms with E-state index in [1.165, 1.54) is 0 Å². The number of benzene rings is 1. The summed E-state index contributed by atoms with van der Waals surface area (Å²) < 4.78 is 20.0. The van der Waals surface area contributed by atoms with Crippen LogP contribution in [0.4, 0.5) is 0 Å². The van der Waals surface area contributed by atoms with E-state index in [1.54, 1.807) is 12.1 Å². The molecule has 0 saturated carbocycles. The van der Waals surface area contributed by atoms with Crippen LogP contribution in [0.15, 0.2) is 29.2 Å². The van der Waals surface area contributed by atoms with Gasteiger partial charge in [0, 0.05) is 0 Å². The maximum Gasteiger partial charge on any atom is 0.186 e. The lowest BCUT2D eigenvalue weighted by molar-refractivity contribution is 0.545. The van der Waals surface area contributed by atoms with E-state index in [1.807, 2.05) is 32.9 Å². The average molecular weight is 198 g/mol. The molecule has 13 heavy (non-hydrogen) atoms. The van der Waals surface area contributed by atoms with Crippen molar-refractivity contribution >= 4 is 11.1 Å². The van der Waals surface area contributed by atoms with E-state index >= 15 is 0 Å². The maximum atomic E-state index is 11.0. The Morgan fingerprint density at radius 1 is 1.23 bits per heavy atom. The first-order valence-corrected chi connectivity index (χ1v) is 5.24. The third-order valence-electron chi connectivity index (χ3n) is 1.88. The molecule has 0 fully saturated rings. The van der Waals surface area contributed by atoms with Crippen LogP contribution in [0.2, 0.25) is 0 Å². The molecule has 1 aromatic carbocycles. The van der Waals surface area contributed by atoms with Crippen molar-refractivity contribution in [3.05, 3.63) is 29.8 Å². The van der Waals surface area contributed by atoms with Crippen LogP contribution in [0.5, 0.6) is 0 Å². The zero-order valence-electron chi connectivity index (χ0n) is 8.07. The van der Waals surface area contributed by atoms with E-state index in [0.29, 0.717) is 4.90 Å². The fourth-order valence-electron chi connectivity index (χ4n) is 1.24. The summed E-state index contributed by atoms with van der Waals surface area (Å²) in [5.74, 6) is 0. The van der Waals surface area contributed by atoms with Gasteiger partial charge in [-0.3, -0.25) is 0 Å². The quantitative estimate of drug-likeness (QED) is 0.704. The summed E-state index contributed by atoms with van der Waals surface area (Å²) in [7, 11) is 0. The highest BCUT2D eigenvalue weighted by Crippen LogP contribution is 2.27. The first-order valence-electron chi connectivity index (χ1n) is 4.13. The predicted molar refractivity (Wildman–Crippen MR) is 54.2 cm³/mol. The number of hydrogen-bond acceptors (Lipinski definition) is 1. The Kier molecular flexibility index (Phi) is 2.88. The van der Waals surface area contributed by atoms with Crippen LogP contribution in [-0.4, -0.2) is 8.76 Å². The van der Waals surface area contributed by atoms with Gasteiger partial charge >= 0.3 is 0 Å². The summed E-state index contributed by atoms with van der Waals surface area (Å²) in [4.78, 5) is 0.509. The Bertz CT molecular complexity index is 326. The van der Waals surface area contributed by atoms with Gasteiger partial charge in [0.25, 0.3) is 0 Å². The second-order valence-corrected chi connectivity index (χ2v) is 4.93. The van der Waals surface area contributed by atoms with Crippen molar-refractivity contribution in [1.82, 2.24) is 0 Å². The molecule has 1 N–H and O–H groups in total. The Hall–Kier alpha value is -0.670. The van der Waals surface area contributed by atoms with Gasteiger partial charge in [-0.25, -0.2) is 4.21 Å². The SMILES string of the molecule is CC(C)(C)c1ccccc1S(=O)O. The molecule has 0 saturated heterocycles. The smallest absolute Gasteiger partial charge is 0.186 e. The standard InChI is InChI=1S/C10H14O2S/c1-10(2,3)8-6-4-5-7-9(8)13(11)12/h4-7H,1-3H3,(H,11,12). The van der Waals surface area contributed by atoms with Crippen LogP contribution >= 0.6 is 0 Å². The minimum Gasteiger partial charge on any atom is -0.302 e. The minimum absolute atomic E-state index is 0.0883. The topological polar surface area (TPSA) is 37.3 Å². The van der Waals surface area contributed by atoms with Gasteiger partial charge in [-0.2, -0.15) is 0 Å². The fraction of sp³-hybridized carbons (Fsp3) is 0.400. The van der Waals surface area contributed by atoms with Crippen molar-refractivity contribution < 1.29 is 8.76 Å². The molecule has 0 bridgehead atoms. The molecule has 0 amide bonds. The van der Waals surface area contributed by atoms with E-state index in [-0.39, 0.29) is 5.41 Å². The zero-order valence-corrected chi connectivity index (χ0v) is 8.89. The van der Waals surface area contributed by atoms with E-state index in [0.717, 1.165) is 5.56 Å². The monoisotopic (exact) mass is 198 g/mol. The highest BCUT2D eigenvalue weighted by molar-refractivity contribution is 7.79. The minimum atomic E-state index is -1.89. The third kappa shape index (κ3) is 2.39. The molecule has 2 nitrogen and oxygen atoms in total. The molecule has 3 heteroatoms. The molecule has 1 atom stereocenters. The summed E-state index contributed by atoms with van der Waals surface area (Å²) in [5, 5.41) is 0. The van der Waals surface area contributed by atoms with Gasteiger partial charge in [-0.15, -0.1) is 0 Å². The first kappa shape index (κ1) is 10.4. The van der Waals surface area contributed by atoms with Gasteiger partial charge < -0.3 is 4.55 Å². The van der Waals surface area contributed by atoms with Crippen molar-refractivity contribution in [2.75, 3.05) is 0 Å². The molecule has 1 rings (SSSR count). The molecule has 0 radical (unpaired) electrons. The normalized spacial score (nSPS) is 14.2. The van der Waals surface area contributed by atoms with Gasteiger partial charge in [0.05, 0.1) is 4.90 Å². The predicted octanol–water partition coefficient (Wildman–Crippen LogP) is 2.56. The van der Waals surface area contributed by atoms with E-state index in [2.05, 4.69) is 0 Å². The van der Waals surface area contributed by atoms with Crippen LogP contribution in [0.1, 0.15) is 26.3 Å². The van der Waals surface area contributed by atoms with Crippen LogP contribution in [0.3, 0.4) is 0 Å². The molecule has 1 aromatic rings. The molecule has 1 unspecified atom stereocenters. The van der Waals surface area contributed by atoms with Gasteiger partial charge in [-0.1, -0.05) is 39.0 Å². The lowest BCUT2D eigenvalue weighted by Gasteiger charge is -2.21.